The van der Waals surface area contributed by atoms with Crippen LogP contribution in [0.15, 0.2) is 0 Å². The van der Waals surface area contributed by atoms with Crippen molar-refractivity contribution < 1.29 is 21.1 Å². The summed E-state index contributed by atoms with van der Waals surface area (Å²) in [4.78, 5) is 0. The monoisotopic (exact) mass is 690 g/mol. The summed E-state index contributed by atoms with van der Waals surface area (Å²) in [5, 5.41) is 11.6. The van der Waals surface area contributed by atoms with Gasteiger partial charge in [-0.15, -0.1) is 0 Å². The van der Waals surface area contributed by atoms with Crippen molar-refractivity contribution in [2.45, 2.75) is 79.1 Å². The SMILES string of the molecule is CCCCNC(=S)[S-].CCCCNC(=S)[S-].CCCCNC(=S)[S-].CCCCNC(=S)[S-].[Mo+4]. The molecule has 0 heterocycles. The van der Waals surface area contributed by atoms with Crippen molar-refractivity contribution in [1.29, 1.82) is 0 Å². The zero-order chi connectivity index (χ0) is 25.6. The van der Waals surface area contributed by atoms with Gasteiger partial charge < -0.3 is 121 Å². The van der Waals surface area contributed by atoms with E-state index in [1.165, 1.54) is 25.7 Å². The second-order valence-electron chi connectivity index (χ2n) is 6.27. The van der Waals surface area contributed by atoms with Gasteiger partial charge in [0.1, 0.15) is 0 Å². The van der Waals surface area contributed by atoms with Gasteiger partial charge in [-0.3, -0.25) is 0 Å². The fraction of sp³-hybridized carbons (Fsp3) is 0.800. The Morgan fingerprint density at radius 1 is 0.455 bits per heavy atom. The molecule has 13 heteroatoms. The van der Waals surface area contributed by atoms with Crippen molar-refractivity contribution in [3.05, 3.63) is 0 Å². The van der Waals surface area contributed by atoms with Crippen molar-refractivity contribution in [2.24, 2.45) is 0 Å². The maximum atomic E-state index is 4.61. The molecule has 0 radical (unpaired) electrons. The fourth-order valence-electron chi connectivity index (χ4n) is 1.47. The topological polar surface area (TPSA) is 48.1 Å². The molecule has 0 aliphatic rings. The molecule has 0 atom stereocenters. The molecule has 0 aliphatic heterocycles. The van der Waals surface area contributed by atoms with Crippen LogP contribution in [0.1, 0.15) is 79.1 Å². The van der Waals surface area contributed by atoms with Crippen LogP contribution in [0.2, 0.25) is 0 Å². The number of thiocarbonyl (C=S) groups is 4. The Morgan fingerprint density at radius 3 is 0.697 bits per heavy atom. The summed E-state index contributed by atoms with van der Waals surface area (Å²) in [6, 6.07) is 0. The van der Waals surface area contributed by atoms with Crippen LogP contribution in [0.5, 0.6) is 0 Å². The molecule has 4 N–H and O–H groups in total. The van der Waals surface area contributed by atoms with Crippen LogP contribution < -0.4 is 21.3 Å². The molecule has 194 valence electrons. The Balaban J connectivity index is -0.000000105. The molecule has 0 aliphatic carbocycles. The second-order valence-corrected chi connectivity index (χ2v) is 10.6. The predicted molar refractivity (Wildman–Crippen MR) is 171 cm³/mol. The second kappa shape index (κ2) is 40.3. The molecule has 0 saturated heterocycles. The van der Waals surface area contributed by atoms with Gasteiger partial charge in [0.15, 0.2) is 0 Å². The number of hydrogen-bond acceptors (Lipinski definition) is 8. The maximum Gasteiger partial charge on any atom is 4.00 e. The van der Waals surface area contributed by atoms with Gasteiger partial charge in [-0.25, -0.2) is 0 Å². The van der Waals surface area contributed by atoms with Gasteiger partial charge >= 0.3 is 21.1 Å². The van der Waals surface area contributed by atoms with Gasteiger partial charge in [0.2, 0.25) is 0 Å². The average molecular weight is 689 g/mol. The van der Waals surface area contributed by atoms with E-state index >= 15 is 0 Å². The van der Waals surface area contributed by atoms with Crippen molar-refractivity contribution >= 4 is 117 Å². The number of unbranched alkanes of at least 4 members (excludes halogenated alkanes) is 4. The molecular formula is C20H40MoN4S8. The quantitative estimate of drug-likeness (QED) is 0.0985. The van der Waals surface area contributed by atoms with Crippen LogP contribution in [0.25, 0.3) is 0 Å². The van der Waals surface area contributed by atoms with Crippen LogP contribution in [-0.4, -0.2) is 43.5 Å². The summed E-state index contributed by atoms with van der Waals surface area (Å²) in [7, 11) is 0. The third kappa shape index (κ3) is 71.9. The Kier molecular flexibility index (Phi) is 53.9. The van der Waals surface area contributed by atoms with Crippen molar-refractivity contribution in [3.63, 3.8) is 0 Å². The van der Waals surface area contributed by atoms with E-state index < -0.39 is 0 Å². The molecule has 33 heavy (non-hydrogen) atoms. The van der Waals surface area contributed by atoms with E-state index in [1.807, 2.05) is 0 Å². The normalized spacial score (nSPS) is 8.36. The predicted octanol–water partition coefficient (Wildman–Crippen LogP) is 4.83. The van der Waals surface area contributed by atoms with Gasteiger partial charge in [-0.1, -0.05) is 70.7 Å². The van der Waals surface area contributed by atoms with Crippen molar-refractivity contribution in [1.82, 2.24) is 21.3 Å². The Hall–Kier alpha value is 1.13. The smallest absolute Gasteiger partial charge is 0.412 e. The summed E-state index contributed by atoms with van der Waals surface area (Å²) in [6.07, 6.45) is 9.34. The minimum atomic E-state index is 0. The standard InChI is InChI=1S/4C5H11NS2.Mo/c4*1-2-3-4-6-5(7)8;/h4*2-4H2,1H3,(H2,6,7,8);/q;;;;+4/p-4. The molecule has 4 nitrogen and oxygen atoms in total. The van der Waals surface area contributed by atoms with E-state index in [0.717, 1.165) is 51.9 Å². The number of nitrogens with one attached hydrogen (secondary N) is 4. The molecule has 0 spiro atoms. The van der Waals surface area contributed by atoms with Gasteiger partial charge in [-0.2, -0.15) is 0 Å². The Labute approximate surface area is 261 Å². The van der Waals surface area contributed by atoms with Crippen LogP contribution in [-0.2, 0) is 71.6 Å². The average Bonchev–Trinajstić information content (AvgIpc) is 2.69. The molecular weight excluding hydrogens is 649 g/mol. The maximum absolute atomic E-state index is 4.61. The molecule has 0 aromatic carbocycles. The minimum Gasteiger partial charge on any atom is -0.412 e. The molecule has 0 rings (SSSR count). The van der Waals surface area contributed by atoms with E-state index in [9.17, 15) is 0 Å². The molecule has 0 amide bonds. The van der Waals surface area contributed by atoms with E-state index in [0.29, 0.717) is 17.3 Å². The van der Waals surface area contributed by atoms with E-state index in [1.54, 1.807) is 0 Å². The molecule has 0 unspecified atom stereocenters. The number of rotatable bonds is 12. The largest absolute Gasteiger partial charge is 4.00 e. The van der Waals surface area contributed by atoms with Crippen molar-refractivity contribution in [2.75, 3.05) is 26.2 Å². The van der Waals surface area contributed by atoms with Crippen LogP contribution >= 0.6 is 48.9 Å². The first-order chi connectivity index (χ1) is 15.1. The van der Waals surface area contributed by atoms with Crippen LogP contribution in [0, 0.1) is 0 Å². The third-order valence-electron chi connectivity index (χ3n) is 3.20. The summed E-state index contributed by atoms with van der Waals surface area (Å²) in [6.45, 7) is 12.2. The molecule has 0 bridgehead atoms. The first kappa shape index (κ1) is 44.1. The Morgan fingerprint density at radius 2 is 0.606 bits per heavy atom. The van der Waals surface area contributed by atoms with Crippen LogP contribution in [0.4, 0.5) is 0 Å². The first-order valence-corrected chi connectivity index (χ1v) is 14.1. The third-order valence-corrected chi connectivity index (χ3v) is 4.35. The summed E-state index contributed by atoms with van der Waals surface area (Å²) in [5.74, 6) is 0. The summed E-state index contributed by atoms with van der Waals surface area (Å²) in [5.41, 5.74) is 0. The summed E-state index contributed by atoms with van der Waals surface area (Å²) < 4.78 is 1.94. The van der Waals surface area contributed by atoms with Gasteiger partial charge in [0, 0.05) is 26.2 Å². The zero-order valence-corrected chi connectivity index (χ0v) is 28.7. The van der Waals surface area contributed by atoms with E-state index in [-0.39, 0.29) is 21.1 Å². The van der Waals surface area contributed by atoms with Gasteiger partial charge in [-0.05, 0) is 25.7 Å². The molecule has 0 aromatic heterocycles. The Bertz CT molecular complexity index is 378. The zero-order valence-electron chi connectivity index (χ0n) is 20.2. The van der Waals surface area contributed by atoms with Gasteiger partial charge in [0.25, 0.3) is 0 Å². The minimum absolute atomic E-state index is 0. The van der Waals surface area contributed by atoms with Gasteiger partial charge in [0.05, 0.1) is 0 Å². The number of hydrogen-bond donors (Lipinski definition) is 4. The molecule has 0 aromatic rings. The van der Waals surface area contributed by atoms with Crippen LogP contribution in [0.3, 0.4) is 0 Å². The van der Waals surface area contributed by atoms with E-state index in [2.05, 4.69) is 148 Å². The van der Waals surface area contributed by atoms with Crippen molar-refractivity contribution in [3.8, 4) is 0 Å². The summed E-state index contributed by atoms with van der Waals surface area (Å²) >= 11 is 36.9. The molecule has 0 fully saturated rings. The first-order valence-electron chi connectivity index (χ1n) is 10.9. The molecule has 0 saturated carbocycles. The van der Waals surface area contributed by atoms with E-state index in [4.69, 9.17) is 0 Å². The fourth-order valence-corrected chi connectivity index (χ4v) is 2.29.